The second kappa shape index (κ2) is 6.97. The zero-order valence-electron chi connectivity index (χ0n) is 14.6. The van der Waals surface area contributed by atoms with E-state index in [4.69, 9.17) is 13.0 Å². The number of benzene rings is 1. The van der Waals surface area contributed by atoms with Crippen molar-refractivity contribution in [1.82, 2.24) is 15.0 Å². The molecule has 0 saturated carbocycles. The number of anilines is 2. The lowest BCUT2D eigenvalue weighted by molar-refractivity contribution is 0.600. The van der Waals surface area contributed by atoms with E-state index in [0.717, 1.165) is 29.8 Å². The maximum Gasteiger partial charge on any atom is 0.190 e. The van der Waals surface area contributed by atoms with Crippen LogP contribution in [-0.4, -0.2) is 40.6 Å². The molecule has 1 aliphatic rings. The SMILES string of the molecule is [C-]#[N+]c1ccc(N(CC#C)[C@@H]2CCN(c3ncnc4[nH]ccc34)C2)c(F)c1. The van der Waals surface area contributed by atoms with Crippen LogP contribution in [0.2, 0.25) is 0 Å². The molecule has 0 aliphatic carbocycles. The lowest BCUT2D eigenvalue weighted by Crippen LogP contribution is -2.38. The number of nitrogens with one attached hydrogen (secondary N) is 1. The lowest BCUT2D eigenvalue weighted by Gasteiger charge is -2.30. The summed E-state index contributed by atoms with van der Waals surface area (Å²) in [7, 11) is 0. The number of halogens is 1. The largest absolute Gasteiger partial charge is 0.354 e. The van der Waals surface area contributed by atoms with Crippen molar-refractivity contribution in [2.24, 2.45) is 0 Å². The highest BCUT2D eigenvalue weighted by molar-refractivity contribution is 5.87. The van der Waals surface area contributed by atoms with E-state index in [1.807, 2.05) is 17.2 Å². The number of aromatic amines is 1. The van der Waals surface area contributed by atoms with Crippen LogP contribution in [-0.2, 0) is 0 Å². The third kappa shape index (κ3) is 3.04. The van der Waals surface area contributed by atoms with Crippen LogP contribution in [0.3, 0.4) is 0 Å². The third-order valence-corrected chi connectivity index (χ3v) is 4.87. The third-order valence-electron chi connectivity index (χ3n) is 4.87. The number of rotatable bonds is 4. The molecule has 0 bridgehead atoms. The lowest BCUT2D eigenvalue weighted by atomic mass is 10.1. The van der Waals surface area contributed by atoms with Gasteiger partial charge >= 0.3 is 0 Å². The summed E-state index contributed by atoms with van der Waals surface area (Å²) in [6.45, 7) is 8.81. The molecule has 0 radical (unpaired) electrons. The fourth-order valence-electron chi connectivity index (χ4n) is 3.61. The van der Waals surface area contributed by atoms with Crippen LogP contribution in [0.5, 0.6) is 0 Å². The van der Waals surface area contributed by atoms with Gasteiger partial charge in [0.25, 0.3) is 0 Å². The fourth-order valence-corrected chi connectivity index (χ4v) is 3.61. The molecule has 0 unspecified atom stereocenters. The molecule has 7 heteroatoms. The predicted molar refractivity (Wildman–Crippen MR) is 103 cm³/mol. The first-order valence-corrected chi connectivity index (χ1v) is 8.61. The Bertz CT molecular complexity index is 1060. The van der Waals surface area contributed by atoms with Crippen molar-refractivity contribution in [3.05, 3.63) is 54.0 Å². The van der Waals surface area contributed by atoms with E-state index in [1.165, 1.54) is 6.07 Å². The summed E-state index contributed by atoms with van der Waals surface area (Å²) in [5.41, 5.74) is 1.51. The van der Waals surface area contributed by atoms with E-state index < -0.39 is 5.82 Å². The van der Waals surface area contributed by atoms with Gasteiger partial charge in [-0.2, -0.15) is 0 Å². The van der Waals surface area contributed by atoms with Crippen molar-refractivity contribution in [3.63, 3.8) is 0 Å². The minimum atomic E-state index is -0.424. The summed E-state index contributed by atoms with van der Waals surface area (Å²) in [6.07, 6.45) is 9.77. The van der Waals surface area contributed by atoms with Gasteiger partial charge in [0.1, 0.15) is 23.6 Å². The van der Waals surface area contributed by atoms with E-state index in [2.05, 4.69) is 30.6 Å². The van der Waals surface area contributed by atoms with Crippen LogP contribution in [0.15, 0.2) is 36.8 Å². The molecular weight excluding hydrogens is 343 g/mol. The van der Waals surface area contributed by atoms with Gasteiger partial charge in [-0.25, -0.2) is 19.2 Å². The van der Waals surface area contributed by atoms with E-state index >= 15 is 0 Å². The monoisotopic (exact) mass is 360 g/mol. The number of hydrogen-bond donors (Lipinski definition) is 1. The maximum absolute atomic E-state index is 14.6. The van der Waals surface area contributed by atoms with Crippen LogP contribution in [0.1, 0.15) is 6.42 Å². The Kier molecular flexibility index (Phi) is 4.35. The minimum absolute atomic E-state index is 0.0540. The first-order chi connectivity index (χ1) is 13.2. The number of fused-ring (bicyclic) bond motifs is 1. The Morgan fingerprint density at radius 3 is 3.07 bits per heavy atom. The van der Waals surface area contributed by atoms with Crippen LogP contribution < -0.4 is 9.80 Å². The molecule has 6 nitrogen and oxygen atoms in total. The first kappa shape index (κ1) is 16.9. The minimum Gasteiger partial charge on any atom is -0.354 e. The summed E-state index contributed by atoms with van der Waals surface area (Å²) in [4.78, 5) is 19.1. The maximum atomic E-state index is 14.6. The van der Waals surface area contributed by atoms with Gasteiger partial charge < -0.3 is 14.8 Å². The number of nitrogens with zero attached hydrogens (tertiary/aromatic N) is 5. The molecular formula is C20H17FN6. The van der Waals surface area contributed by atoms with Gasteiger partial charge in [0.05, 0.1) is 24.2 Å². The molecule has 3 aromatic rings. The molecule has 27 heavy (non-hydrogen) atoms. The molecule has 2 aromatic heterocycles. The Morgan fingerprint density at radius 1 is 1.41 bits per heavy atom. The number of hydrogen-bond acceptors (Lipinski definition) is 4. The molecule has 3 heterocycles. The second-order valence-corrected chi connectivity index (χ2v) is 6.41. The average Bonchev–Trinajstić information content (AvgIpc) is 3.35. The highest BCUT2D eigenvalue weighted by Crippen LogP contribution is 2.31. The van der Waals surface area contributed by atoms with E-state index in [-0.39, 0.29) is 11.7 Å². The highest BCUT2D eigenvalue weighted by Gasteiger charge is 2.30. The van der Waals surface area contributed by atoms with Gasteiger partial charge in [-0.1, -0.05) is 12.0 Å². The zero-order chi connectivity index (χ0) is 18.8. The molecule has 4 rings (SSSR count). The Hall–Kier alpha value is -3.58. The van der Waals surface area contributed by atoms with Crippen LogP contribution in [0.4, 0.5) is 21.6 Å². The van der Waals surface area contributed by atoms with Crippen molar-refractivity contribution >= 4 is 28.2 Å². The smallest absolute Gasteiger partial charge is 0.190 e. The fraction of sp³-hybridized carbons (Fsp3) is 0.250. The molecule has 1 atom stereocenters. The molecule has 0 amide bonds. The van der Waals surface area contributed by atoms with Gasteiger partial charge in [0, 0.05) is 25.3 Å². The van der Waals surface area contributed by atoms with Crippen LogP contribution in [0.25, 0.3) is 15.9 Å². The van der Waals surface area contributed by atoms with Gasteiger partial charge in [0.15, 0.2) is 5.69 Å². The molecule has 1 fully saturated rings. The van der Waals surface area contributed by atoms with Crippen LogP contribution in [0, 0.1) is 24.7 Å². The summed E-state index contributed by atoms with van der Waals surface area (Å²) in [5, 5.41) is 0.967. The summed E-state index contributed by atoms with van der Waals surface area (Å²) in [5.74, 6) is 3.07. The van der Waals surface area contributed by atoms with Gasteiger partial charge in [-0.3, -0.25) is 0 Å². The zero-order valence-corrected chi connectivity index (χ0v) is 14.6. The normalized spacial score (nSPS) is 16.3. The molecule has 1 saturated heterocycles. The van der Waals surface area contributed by atoms with Crippen LogP contribution >= 0.6 is 0 Å². The van der Waals surface area contributed by atoms with E-state index in [1.54, 1.807) is 18.5 Å². The summed E-state index contributed by atoms with van der Waals surface area (Å²) in [6, 6.07) is 6.53. The Balaban J connectivity index is 1.61. The molecule has 1 N–H and O–H groups in total. The standard InChI is InChI=1S/C20H17FN6/c1-3-9-27(18-5-4-14(22-2)11-17(18)21)15-7-10-26(12-15)20-16-6-8-23-19(16)24-13-25-20/h1,4-6,8,11,13,15H,7,9-10,12H2,(H,23,24,25)/t15-/m1/s1. The number of aromatic nitrogens is 3. The topological polar surface area (TPSA) is 52.4 Å². The van der Waals surface area contributed by atoms with Crippen molar-refractivity contribution in [2.75, 3.05) is 29.4 Å². The van der Waals surface area contributed by atoms with Gasteiger partial charge in [-0.15, -0.1) is 6.42 Å². The number of terminal acetylenes is 1. The second-order valence-electron chi connectivity index (χ2n) is 6.41. The van der Waals surface area contributed by atoms with Crippen molar-refractivity contribution in [2.45, 2.75) is 12.5 Å². The quantitative estimate of drug-likeness (QED) is 0.573. The van der Waals surface area contributed by atoms with Crippen molar-refractivity contribution in [1.29, 1.82) is 0 Å². The molecule has 1 aromatic carbocycles. The molecule has 134 valence electrons. The van der Waals surface area contributed by atoms with Crippen molar-refractivity contribution < 1.29 is 4.39 Å². The summed E-state index contributed by atoms with van der Waals surface area (Å²) < 4.78 is 14.6. The van der Waals surface area contributed by atoms with Gasteiger partial charge in [0.2, 0.25) is 0 Å². The van der Waals surface area contributed by atoms with Crippen molar-refractivity contribution in [3.8, 4) is 12.3 Å². The highest BCUT2D eigenvalue weighted by atomic mass is 19.1. The first-order valence-electron chi connectivity index (χ1n) is 8.61. The number of H-pyrrole nitrogens is 1. The molecule has 1 aliphatic heterocycles. The Labute approximate surface area is 156 Å². The predicted octanol–water partition coefficient (Wildman–Crippen LogP) is 3.37. The summed E-state index contributed by atoms with van der Waals surface area (Å²) >= 11 is 0. The Morgan fingerprint density at radius 2 is 2.30 bits per heavy atom. The van der Waals surface area contributed by atoms with E-state index in [0.29, 0.717) is 18.8 Å². The van der Waals surface area contributed by atoms with Gasteiger partial charge in [-0.05, 0) is 24.6 Å². The molecule has 0 spiro atoms. The van der Waals surface area contributed by atoms with E-state index in [9.17, 15) is 4.39 Å². The average molecular weight is 360 g/mol.